The van der Waals surface area contributed by atoms with E-state index in [9.17, 15) is 0 Å². The Labute approximate surface area is 106 Å². The molecule has 0 saturated carbocycles. The number of hydrogen-bond acceptors (Lipinski definition) is 3. The molecule has 5 nitrogen and oxygen atoms in total. The van der Waals surface area contributed by atoms with E-state index in [1.54, 1.807) is 7.05 Å². The van der Waals surface area contributed by atoms with Crippen molar-refractivity contribution >= 4 is 5.96 Å². The third-order valence-electron chi connectivity index (χ3n) is 2.51. The Morgan fingerprint density at radius 3 is 3.11 bits per heavy atom. The van der Waals surface area contributed by atoms with Gasteiger partial charge < -0.3 is 20.1 Å². The molecular weight excluding hydrogens is 230 g/mol. The maximum atomic E-state index is 5.42. The average molecular weight is 245 g/mol. The second-order valence-electron chi connectivity index (χ2n) is 3.63. The van der Waals surface area contributed by atoms with Crippen molar-refractivity contribution in [3.63, 3.8) is 0 Å². The van der Waals surface area contributed by atoms with Gasteiger partial charge in [-0.15, -0.1) is 6.42 Å². The van der Waals surface area contributed by atoms with Gasteiger partial charge in [-0.25, -0.2) is 0 Å². The first-order valence-corrected chi connectivity index (χ1v) is 5.60. The summed E-state index contributed by atoms with van der Waals surface area (Å²) in [5.74, 6) is 4.72. The van der Waals surface area contributed by atoms with Crippen LogP contribution >= 0.6 is 0 Å². The normalized spacial score (nSPS) is 13.0. The number of rotatable bonds is 3. The molecule has 18 heavy (non-hydrogen) atoms. The van der Waals surface area contributed by atoms with E-state index in [-0.39, 0.29) is 6.79 Å². The van der Waals surface area contributed by atoms with Crippen molar-refractivity contribution in [3.05, 3.63) is 23.8 Å². The number of nitrogens with zero attached hydrogens (tertiary/aromatic N) is 1. The lowest BCUT2D eigenvalue weighted by Gasteiger charge is -2.11. The zero-order chi connectivity index (χ0) is 12.8. The van der Waals surface area contributed by atoms with Gasteiger partial charge in [-0.3, -0.25) is 4.99 Å². The molecular formula is C13H15N3O2. The molecule has 0 amide bonds. The van der Waals surface area contributed by atoms with Gasteiger partial charge in [-0.05, 0) is 6.07 Å². The molecule has 0 spiro atoms. The lowest BCUT2D eigenvalue weighted by atomic mass is 10.2. The van der Waals surface area contributed by atoms with E-state index in [2.05, 4.69) is 21.5 Å². The van der Waals surface area contributed by atoms with Crippen LogP contribution in [0.4, 0.5) is 0 Å². The largest absolute Gasteiger partial charge is 0.454 e. The minimum atomic E-state index is 0.274. The monoisotopic (exact) mass is 245 g/mol. The van der Waals surface area contributed by atoms with E-state index in [1.807, 2.05) is 18.2 Å². The first-order valence-electron chi connectivity index (χ1n) is 5.60. The number of nitrogens with one attached hydrogen (secondary N) is 2. The minimum Gasteiger partial charge on any atom is -0.454 e. The topological polar surface area (TPSA) is 54.9 Å². The van der Waals surface area contributed by atoms with Gasteiger partial charge >= 0.3 is 0 Å². The lowest BCUT2D eigenvalue weighted by Crippen LogP contribution is -2.36. The van der Waals surface area contributed by atoms with Crippen LogP contribution < -0.4 is 20.1 Å². The number of benzene rings is 1. The molecule has 0 aromatic heterocycles. The highest BCUT2D eigenvalue weighted by molar-refractivity contribution is 5.80. The second kappa shape index (κ2) is 5.82. The quantitative estimate of drug-likeness (QED) is 0.468. The highest BCUT2D eigenvalue weighted by Gasteiger charge is 2.16. The van der Waals surface area contributed by atoms with Gasteiger partial charge in [-0.1, -0.05) is 18.1 Å². The number of para-hydroxylation sites is 1. The van der Waals surface area contributed by atoms with Crippen LogP contribution in [0.15, 0.2) is 23.2 Å². The predicted octanol–water partition coefficient (Wildman–Crippen LogP) is 0.713. The highest BCUT2D eigenvalue weighted by atomic mass is 16.7. The van der Waals surface area contributed by atoms with Crippen molar-refractivity contribution in [2.45, 2.75) is 6.54 Å². The standard InChI is InChI=1S/C13H15N3O2/c1-3-7-15-13(14-2)16-8-10-5-4-6-11-12(10)18-9-17-11/h1,4-6H,7-9H2,2H3,(H2,14,15,16). The molecule has 0 unspecified atom stereocenters. The summed E-state index contributed by atoms with van der Waals surface area (Å²) in [5, 5.41) is 6.15. The summed E-state index contributed by atoms with van der Waals surface area (Å²) in [7, 11) is 1.70. The van der Waals surface area contributed by atoms with Gasteiger partial charge in [-0.2, -0.15) is 0 Å². The number of terminal acetylenes is 1. The molecule has 2 rings (SSSR count). The Morgan fingerprint density at radius 2 is 2.33 bits per heavy atom. The van der Waals surface area contributed by atoms with Crippen molar-refractivity contribution in [1.82, 2.24) is 10.6 Å². The van der Waals surface area contributed by atoms with Crippen LogP contribution in [0.25, 0.3) is 0 Å². The summed E-state index contributed by atoms with van der Waals surface area (Å²) in [6.45, 7) is 1.30. The molecule has 2 N–H and O–H groups in total. The van der Waals surface area contributed by atoms with Gasteiger partial charge in [0.05, 0.1) is 6.54 Å². The van der Waals surface area contributed by atoms with Crippen LogP contribution in [0.2, 0.25) is 0 Å². The Balaban J connectivity index is 1.98. The summed E-state index contributed by atoms with van der Waals surface area (Å²) >= 11 is 0. The van der Waals surface area contributed by atoms with Crippen molar-refractivity contribution in [2.75, 3.05) is 20.4 Å². The zero-order valence-electron chi connectivity index (χ0n) is 10.2. The van der Waals surface area contributed by atoms with Gasteiger partial charge in [0.25, 0.3) is 0 Å². The van der Waals surface area contributed by atoms with E-state index in [0.29, 0.717) is 19.0 Å². The van der Waals surface area contributed by atoms with Crippen LogP contribution in [-0.2, 0) is 6.54 Å². The molecule has 0 bridgehead atoms. The van der Waals surface area contributed by atoms with E-state index < -0.39 is 0 Å². The fraction of sp³-hybridized carbons (Fsp3) is 0.308. The van der Waals surface area contributed by atoms with Crippen LogP contribution in [-0.4, -0.2) is 26.3 Å². The number of aliphatic imine (C=N–C) groups is 1. The molecule has 0 aliphatic carbocycles. The molecule has 0 fully saturated rings. The number of fused-ring (bicyclic) bond motifs is 1. The van der Waals surface area contributed by atoms with E-state index >= 15 is 0 Å². The third-order valence-corrected chi connectivity index (χ3v) is 2.51. The van der Waals surface area contributed by atoms with Gasteiger partial charge in [0.15, 0.2) is 17.5 Å². The van der Waals surface area contributed by atoms with Crippen LogP contribution in [0, 0.1) is 12.3 Å². The number of hydrogen-bond donors (Lipinski definition) is 2. The Kier molecular flexibility index (Phi) is 3.92. The molecule has 1 aliphatic rings. The molecule has 1 aromatic rings. The van der Waals surface area contributed by atoms with Gasteiger partial charge in [0, 0.05) is 19.2 Å². The van der Waals surface area contributed by atoms with Crippen molar-refractivity contribution < 1.29 is 9.47 Å². The highest BCUT2D eigenvalue weighted by Crippen LogP contribution is 2.35. The Hall–Kier alpha value is -2.35. The zero-order valence-corrected chi connectivity index (χ0v) is 10.2. The summed E-state index contributed by atoms with van der Waals surface area (Å²) in [4.78, 5) is 4.06. The maximum Gasteiger partial charge on any atom is 0.231 e. The molecule has 0 atom stereocenters. The summed E-state index contributed by atoms with van der Waals surface area (Å²) in [6.07, 6.45) is 5.18. The maximum absolute atomic E-state index is 5.42. The summed E-state index contributed by atoms with van der Waals surface area (Å²) in [6, 6.07) is 5.80. The first-order chi connectivity index (χ1) is 8.85. The van der Waals surface area contributed by atoms with E-state index in [0.717, 1.165) is 17.1 Å². The number of ether oxygens (including phenoxy) is 2. The molecule has 94 valence electrons. The molecule has 0 saturated heterocycles. The molecule has 5 heteroatoms. The minimum absolute atomic E-state index is 0.274. The fourth-order valence-electron chi connectivity index (χ4n) is 1.66. The van der Waals surface area contributed by atoms with Gasteiger partial charge in [0.1, 0.15) is 0 Å². The second-order valence-corrected chi connectivity index (χ2v) is 3.63. The van der Waals surface area contributed by atoms with Crippen LogP contribution in [0.3, 0.4) is 0 Å². The van der Waals surface area contributed by atoms with Gasteiger partial charge in [0.2, 0.25) is 6.79 Å². The summed E-state index contributed by atoms with van der Waals surface area (Å²) < 4.78 is 10.7. The first kappa shape index (κ1) is 12.1. The Morgan fingerprint density at radius 1 is 1.44 bits per heavy atom. The molecule has 1 heterocycles. The molecule has 1 aliphatic heterocycles. The van der Waals surface area contributed by atoms with E-state index in [4.69, 9.17) is 15.9 Å². The van der Waals surface area contributed by atoms with Crippen LogP contribution in [0.1, 0.15) is 5.56 Å². The van der Waals surface area contributed by atoms with Crippen LogP contribution in [0.5, 0.6) is 11.5 Å². The van der Waals surface area contributed by atoms with Crippen molar-refractivity contribution in [1.29, 1.82) is 0 Å². The fourth-order valence-corrected chi connectivity index (χ4v) is 1.66. The number of guanidine groups is 1. The van der Waals surface area contributed by atoms with Crippen molar-refractivity contribution in [3.8, 4) is 23.8 Å². The lowest BCUT2D eigenvalue weighted by molar-refractivity contribution is 0.173. The SMILES string of the molecule is C#CCNC(=NC)NCc1cccc2c1OCO2. The summed E-state index contributed by atoms with van der Waals surface area (Å²) in [5.41, 5.74) is 1.02. The Bertz CT molecular complexity index is 491. The predicted molar refractivity (Wildman–Crippen MR) is 69.6 cm³/mol. The molecule has 1 aromatic carbocycles. The van der Waals surface area contributed by atoms with E-state index in [1.165, 1.54) is 0 Å². The molecule has 0 radical (unpaired) electrons. The average Bonchev–Trinajstić information content (AvgIpc) is 2.88. The smallest absolute Gasteiger partial charge is 0.231 e. The van der Waals surface area contributed by atoms with Crippen molar-refractivity contribution in [2.24, 2.45) is 4.99 Å². The third kappa shape index (κ3) is 2.66.